The number of piperazine rings is 1. The van der Waals surface area contributed by atoms with Crippen molar-refractivity contribution >= 4 is 22.0 Å². The quantitative estimate of drug-likeness (QED) is 0.849. The number of rotatable bonds is 5. The second kappa shape index (κ2) is 7.68. The van der Waals surface area contributed by atoms with E-state index >= 15 is 0 Å². The van der Waals surface area contributed by atoms with Gasteiger partial charge in [0.1, 0.15) is 0 Å². The van der Waals surface area contributed by atoms with Crippen molar-refractivity contribution in [1.29, 1.82) is 0 Å². The average Bonchev–Trinajstić information content (AvgIpc) is 2.62. The van der Waals surface area contributed by atoms with Crippen LogP contribution < -0.4 is 5.32 Å². The number of aryl methyl sites for hydroxylation is 1. The molecule has 1 saturated heterocycles. The smallest absolute Gasteiger partial charge is 0.239 e. The van der Waals surface area contributed by atoms with Gasteiger partial charge < -0.3 is 5.32 Å². The van der Waals surface area contributed by atoms with E-state index in [0.29, 0.717) is 50.6 Å². The van der Waals surface area contributed by atoms with Gasteiger partial charge in [-0.05, 0) is 37.0 Å². The zero-order valence-corrected chi connectivity index (χ0v) is 15.4. The molecule has 25 heavy (non-hydrogen) atoms. The van der Waals surface area contributed by atoms with Crippen LogP contribution in [0, 0.1) is 0 Å². The number of carbonyl (C=O) groups excluding carboxylic acids is 1. The van der Waals surface area contributed by atoms with Crippen molar-refractivity contribution < 1.29 is 13.2 Å². The number of hydrogen-bond donors (Lipinski definition) is 1. The van der Waals surface area contributed by atoms with Crippen LogP contribution in [0.15, 0.2) is 29.2 Å². The Labute approximate surface area is 149 Å². The molecule has 0 spiro atoms. The SMILES string of the molecule is CCNC(=O)CN1CCN(S(=O)(=O)C2=Cc3ccccc3CC2)CC1. The first-order valence-corrected chi connectivity index (χ1v) is 10.2. The van der Waals surface area contributed by atoms with Crippen molar-refractivity contribution in [2.45, 2.75) is 19.8 Å². The summed E-state index contributed by atoms with van der Waals surface area (Å²) in [7, 11) is -3.42. The molecule has 7 heteroatoms. The summed E-state index contributed by atoms with van der Waals surface area (Å²) in [6, 6.07) is 7.94. The number of hydrogen-bond acceptors (Lipinski definition) is 4. The van der Waals surface area contributed by atoms with E-state index in [4.69, 9.17) is 0 Å². The van der Waals surface area contributed by atoms with E-state index in [-0.39, 0.29) is 5.91 Å². The fourth-order valence-corrected chi connectivity index (χ4v) is 4.97. The molecule has 1 amide bonds. The zero-order valence-electron chi connectivity index (χ0n) is 14.6. The third-order valence-electron chi connectivity index (χ3n) is 4.76. The van der Waals surface area contributed by atoms with Gasteiger partial charge in [0.2, 0.25) is 15.9 Å². The second-order valence-electron chi connectivity index (χ2n) is 6.44. The molecule has 136 valence electrons. The lowest BCUT2D eigenvalue weighted by Gasteiger charge is -2.34. The molecule has 1 fully saturated rings. The number of carbonyl (C=O) groups is 1. The normalized spacial score (nSPS) is 19.2. The van der Waals surface area contributed by atoms with E-state index < -0.39 is 10.0 Å². The van der Waals surface area contributed by atoms with E-state index in [9.17, 15) is 13.2 Å². The molecule has 6 nitrogen and oxygen atoms in total. The lowest BCUT2D eigenvalue weighted by atomic mass is 9.98. The van der Waals surface area contributed by atoms with Crippen molar-refractivity contribution in [2.24, 2.45) is 0 Å². The Bertz CT molecular complexity index is 766. The Balaban J connectivity index is 1.65. The van der Waals surface area contributed by atoms with Gasteiger partial charge in [0.25, 0.3) is 0 Å². The standard InChI is InChI=1S/C18H25N3O3S/c1-2-19-18(22)14-20-9-11-21(12-10-20)25(23,24)17-8-7-15-5-3-4-6-16(15)13-17/h3-6,13H,2,7-12,14H2,1H3,(H,19,22). The van der Waals surface area contributed by atoms with Gasteiger partial charge in [-0.15, -0.1) is 0 Å². The monoisotopic (exact) mass is 363 g/mol. The summed E-state index contributed by atoms with van der Waals surface area (Å²) >= 11 is 0. The maximum absolute atomic E-state index is 12.9. The van der Waals surface area contributed by atoms with E-state index in [0.717, 1.165) is 12.0 Å². The number of amides is 1. The van der Waals surface area contributed by atoms with Gasteiger partial charge in [0.15, 0.2) is 0 Å². The van der Waals surface area contributed by atoms with Crippen LogP contribution >= 0.6 is 0 Å². The average molecular weight is 363 g/mol. The van der Waals surface area contributed by atoms with Crippen molar-refractivity contribution in [3.8, 4) is 0 Å². The summed E-state index contributed by atoms with van der Waals surface area (Å²) in [5.41, 5.74) is 2.20. The fourth-order valence-electron chi connectivity index (χ4n) is 3.36. The molecule has 1 aliphatic heterocycles. The van der Waals surface area contributed by atoms with Crippen LogP contribution in [0.4, 0.5) is 0 Å². The van der Waals surface area contributed by atoms with Crippen LogP contribution in [0.3, 0.4) is 0 Å². The van der Waals surface area contributed by atoms with Crippen molar-refractivity contribution in [1.82, 2.24) is 14.5 Å². The molecular weight excluding hydrogens is 338 g/mol. The minimum Gasteiger partial charge on any atom is -0.355 e. The molecule has 0 radical (unpaired) electrons. The van der Waals surface area contributed by atoms with Crippen molar-refractivity contribution in [2.75, 3.05) is 39.3 Å². The lowest BCUT2D eigenvalue weighted by molar-refractivity contribution is -0.122. The highest BCUT2D eigenvalue weighted by molar-refractivity contribution is 7.93. The topological polar surface area (TPSA) is 69.7 Å². The maximum Gasteiger partial charge on any atom is 0.239 e. The summed E-state index contributed by atoms with van der Waals surface area (Å²) in [4.78, 5) is 14.2. The minimum atomic E-state index is -3.42. The molecule has 2 aliphatic rings. The first-order chi connectivity index (χ1) is 12.0. The fraction of sp³-hybridized carbons (Fsp3) is 0.500. The molecule has 0 saturated carbocycles. The Morgan fingerprint density at radius 2 is 1.84 bits per heavy atom. The molecule has 1 heterocycles. The summed E-state index contributed by atoms with van der Waals surface area (Å²) in [6.07, 6.45) is 3.13. The molecule has 1 aromatic rings. The Kier molecular flexibility index (Phi) is 5.56. The first-order valence-electron chi connectivity index (χ1n) is 8.78. The van der Waals surface area contributed by atoms with E-state index in [1.54, 1.807) is 4.31 Å². The van der Waals surface area contributed by atoms with E-state index in [1.807, 2.05) is 36.1 Å². The molecular formula is C18H25N3O3S. The van der Waals surface area contributed by atoms with Gasteiger partial charge in [-0.1, -0.05) is 24.3 Å². The Morgan fingerprint density at radius 1 is 1.12 bits per heavy atom. The van der Waals surface area contributed by atoms with Crippen LogP contribution in [-0.2, 0) is 21.2 Å². The zero-order chi connectivity index (χ0) is 17.9. The number of benzene rings is 1. The number of allylic oxidation sites excluding steroid dienone is 1. The van der Waals surface area contributed by atoms with Gasteiger partial charge in [0, 0.05) is 32.7 Å². The van der Waals surface area contributed by atoms with Crippen LogP contribution in [-0.4, -0.2) is 62.8 Å². The van der Waals surface area contributed by atoms with Crippen molar-refractivity contribution in [3.05, 3.63) is 40.3 Å². The molecule has 1 N–H and O–H groups in total. The number of likely N-dealkylation sites (N-methyl/N-ethyl adjacent to an activating group) is 1. The van der Waals surface area contributed by atoms with Crippen LogP contribution in [0.5, 0.6) is 0 Å². The third-order valence-corrected chi connectivity index (χ3v) is 6.79. The van der Waals surface area contributed by atoms with Crippen LogP contribution in [0.1, 0.15) is 24.5 Å². The number of fused-ring (bicyclic) bond motifs is 1. The number of nitrogens with one attached hydrogen (secondary N) is 1. The van der Waals surface area contributed by atoms with Crippen molar-refractivity contribution in [3.63, 3.8) is 0 Å². The summed E-state index contributed by atoms with van der Waals surface area (Å²) in [5, 5.41) is 2.77. The van der Waals surface area contributed by atoms with Gasteiger partial charge in [0.05, 0.1) is 11.4 Å². The number of nitrogens with zero attached hydrogens (tertiary/aromatic N) is 2. The molecule has 3 rings (SSSR count). The summed E-state index contributed by atoms with van der Waals surface area (Å²) in [6.45, 7) is 4.86. The summed E-state index contributed by atoms with van der Waals surface area (Å²) < 4.78 is 27.4. The molecule has 0 unspecified atom stereocenters. The molecule has 1 aliphatic carbocycles. The van der Waals surface area contributed by atoms with Gasteiger partial charge >= 0.3 is 0 Å². The highest BCUT2D eigenvalue weighted by Gasteiger charge is 2.31. The summed E-state index contributed by atoms with van der Waals surface area (Å²) in [5.74, 6) is -0.00889. The van der Waals surface area contributed by atoms with Gasteiger partial charge in [-0.25, -0.2) is 8.42 Å². The number of sulfonamides is 1. The van der Waals surface area contributed by atoms with Gasteiger partial charge in [-0.3, -0.25) is 9.69 Å². The van der Waals surface area contributed by atoms with E-state index in [2.05, 4.69) is 11.4 Å². The molecule has 1 aromatic carbocycles. The molecule has 0 atom stereocenters. The van der Waals surface area contributed by atoms with Crippen LogP contribution in [0.25, 0.3) is 6.08 Å². The lowest BCUT2D eigenvalue weighted by Crippen LogP contribution is -2.51. The highest BCUT2D eigenvalue weighted by Crippen LogP contribution is 2.29. The predicted molar refractivity (Wildman–Crippen MR) is 98.4 cm³/mol. The highest BCUT2D eigenvalue weighted by atomic mass is 32.2. The second-order valence-corrected chi connectivity index (χ2v) is 8.43. The molecule has 0 bridgehead atoms. The minimum absolute atomic E-state index is 0.00889. The third kappa shape index (κ3) is 4.11. The predicted octanol–water partition coefficient (Wildman–Crippen LogP) is 1.06. The van der Waals surface area contributed by atoms with E-state index in [1.165, 1.54) is 5.56 Å². The Morgan fingerprint density at radius 3 is 2.56 bits per heavy atom. The maximum atomic E-state index is 12.9. The largest absolute Gasteiger partial charge is 0.355 e. The molecule has 0 aromatic heterocycles. The van der Waals surface area contributed by atoms with Crippen LogP contribution in [0.2, 0.25) is 0 Å². The van der Waals surface area contributed by atoms with Gasteiger partial charge in [-0.2, -0.15) is 4.31 Å². The Hall–Kier alpha value is -1.70. The first kappa shape index (κ1) is 18.1.